The molecule has 1 saturated carbocycles. The minimum atomic E-state index is 0.468. The molecule has 1 heterocycles. The Bertz CT molecular complexity index is 309. The Morgan fingerprint density at radius 1 is 1.37 bits per heavy atom. The van der Waals surface area contributed by atoms with Crippen LogP contribution in [0, 0.1) is 5.92 Å². The first-order valence-electron chi connectivity index (χ1n) is 7.44. The predicted octanol–water partition coefficient (Wildman–Crippen LogP) is 0.752. The molecule has 2 fully saturated rings. The highest BCUT2D eigenvalue weighted by Crippen LogP contribution is 2.25. The summed E-state index contributed by atoms with van der Waals surface area (Å²) in [4.78, 5) is 9.23. The molecular weight excluding hydrogens is 240 g/mol. The lowest BCUT2D eigenvalue weighted by Gasteiger charge is -2.36. The Morgan fingerprint density at radius 2 is 2.00 bits per heavy atom. The number of nitrogens with zero attached hydrogens (tertiary/aromatic N) is 3. The molecule has 1 aliphatic carbocycles. The average molecular weight is 268 g/mol. The molecule has 0 spiro atoms. The van der Waals surface area contributed by atoms with Gasteiger partial charge in [-0.3, -0.25) is 9.89 Å². The molecule has 2 N–H and O–H groups in total. The monoisotopic (exact) mass is 268 g/mol. The zero-order chi connectivity index (χ0) is 13.8. The van der Waals surface area contributed by atoms with Crippen LogP contribution in [0.3, 0.4) is 0 Å². The van der Waals surface area contributed by atoms with Crippen LogP contribution in [-0.2, 0) is 4.74 Å². The van der Waals surface area contributed by atoms with Gasteiger partial charge in [0.1, 0.15) is 0 Å². The highest BCUT2D eigenvalue weighted by atomic mass is 16.5. The van der Waals surface area contributed by atoms with Crippen LogP contribution in [0.15, 0.2) is 4.99 Å². The molecule has 5 heteroatoms. The van der Waals surface area contributed by atoms with Gasteiger partial charge >= 0.3 is 0 Å². The first kappa shape index (κ1) is 14.6. The molecule has 0 aromatic rings. The van der Waals surface area contributed by atoms with Crippen LogP contribution in [0.25, 0.3) is 0 Å². The first-order chi connectivity index (χ1) is 9.09. The maximum absolute atomic E-state index is 6.07. The molecule has 5 nitrogen and oxygen atoms in total. The number of morpholine rings is 1. The summed E-state index contributed by atoms with van der Waals surface area (Å²) in [6.07, 6.45) is 2.51. The molecule has 1 atom stereocenters. The quantitative estimate of drug-likeness (QED) is 0.590. The molecular formula is C14H28N4O. The van der Waals surface area contributed by atoms with Crippen LogP contribution < -0.4 is 5.73 Å². The summed E-state index contributed by atoms with van der Waals surface area (Å²) < 4.78 is 5.42. The Morgan fingerprint density at radius 3 is 2.53 bits per heavy atom. The van der Waals surface area contributed by atoms with Crippen molar-refractivity contribution in [2.45, 2.75) is 38.8 Å². The van der Waals surface area contributed by atoms with Crippen molar-refractivity contribution in [3.63, 3.8) is 0 Å². The smallest absolute Gasteiger partial charge is 0.191 e. The third kappa shape index (κ3) is 4.08. The van der Waals surface area contributed by atoms with Gasteiger partial charge in [-0.2, -0.15) is 0 Å². The minimum Gasteiger partial charge on any atom is -0.379 e. The van der Waals surface area contributed by atoms with Gasteiger partial charge in [-0.05, 0) is 18.8 Å². The molecule has 0 aromatic heterocycles. The topological polar surface area (TPSA) is 54.1 Å². The van der Waals surface area contributed by atoms with Crippen LogP contribution in [0.5, 0.6) is 0 Å². The van der Waals surface area contributed by atoms with Gasteiger partial charge in [-0.15, -0.1) is 0 Å². The number of guanidine groups is 1. The second-order valence-electron chi connectivity index (χ2n) is 6.00. The van der Waals surface area contributed by atoms with Crippen LogP contribution in [0.4, 0.5) is 0 Å². The van der Waals surface area contributed by atoms with E-state index < -0.39 is 0 Å². The molecule has 19 heavy (non-hydrogen) atoms. The normalized spacial score (nSPS) is 23.7. The summed E-state index contributed by atoms with van der Waals surface area (Å²) in [5.74, 6) is 1.28. The van der Waals surface area contributed by atoms with Crippen LogP contribution >= 0.6 is 0 Å². The third-order valence-corrected chi connectivity index (χ3v) is 4.18. The highest BCUT2D eigenvalue weighted by molar-refractivity contribution is 5.78. The fraction of sp³-hybridized carbons (Fsp3) is 0.929. The largest absolute Gasteiger partial charge is 0.379 e. The first-order valence-corrected chi connectivity index (χ1v) is 7.44. The maximum Gasteiger partial charge on any atom is 0.191 e. The van der Waals surface area contributed by atoms with Crippen molar-refractivity contribution in [1.82, 2.24) is 9.80 Å². The standard InChI is InChI=1S/C14H28N4O/c1-11(2)13(18-6-8-19-9-7-18)10-16-14(15)17(3)12-4-5-12/h11-13H,4-10H2,1-3H3,(H2,15,16). The summed E-state index contributed by atoms with van der Waals surface area (Å²) in [5.41, 5.74) is 6.07. The van der Waals surface area contributed by atoms with E-state index in [2.05, 4.69) is 35.7 Å². The van der Waals surface area contributed by atoms with E-state index in [-0.39, 0.29) is 0 Å². The van der Waals surface area contributed by atoms with E-state index >= 15 is 0 Å². The number of hydrogen-bond donors (Lipinski definition) is 1. The zero-order valence-electron chi connectivity index (χ0n) is 12.5. The van der Waals surface area contributed by atoms with Gasteiger partial charge in [0, 0.05) is 32.2 Å². The number of aliphatic imine (C=N–C) groups is 1. The SMILES string of the molecule is CC(C)C(CN=C(N)N(C)C1CC1)N1CCOCC1. The number of hydrogen-bond acceptors (Lipinski definition) is 3. The van der Waals surface area contributed by atoms with Crippen molar-refractivity contribution >= 4 is 5.96 Å². The van der Waals surface area contributed by atoms with Gasteiger partial charge in [0.2, 0.25) is 0 Å². The third-order valence-electron chi connectivity index (χ3n) is 4.18. The van der Waals surface area contributed by atoms with Crippen molar-refractivity contribution in [3.8, 4) is 0 Å². The van der Waals surface area contributed by atoms with Gasteiger partial charge in [0.15, 0.2) is 5.96 Å². The van der Waals surface area contributed by atoms with Gasteiger partial charge in [-0.25, -0.2) is 0 Å². The Hall–Kier alpha value is -0.810. The second-order valence-corrected chi connectivity index (χ2v) is 6.00. The van der Waals surface area contributed by atoms with Gasteiger partial charge in [0.05, 0.1) is 19.8 Å². The Kier molecular flexibility index (Phi) is 5.05. The van der Waals surface area contributed by atoms with Crippen molar-refractivity contribution in [2.24, 2.45) is 16.6 Å². The molecule has 2 aliphatic rings. The van der Waals surface area contributed by atoms with Crippen LogP contribution in [0.2, 0.25) is 0 Å². The molecule has 1 aliphatic heterocycles. The number of ether oxygens (including phenoxy) is 1. The molecule has 0 radical (unpaired) electrons. The van der Waals surface area contributed by atoms with E-state index in [9.17, 15) is 0 Å². The second kappa shape index (κ2) is 6.57. The number of nitrogens with two attached hydrogens (primary N) is 1. The molecule has 0 amide bonds. The predicted molar refractivity (Wildman–Crippen MR) is 78.3 cm³/mol. The van der Waals surface area contributed by atoms with E-state index in [1.165, 1.54) is 12.8 Å². The molecule has 0 bridgehead atoms. The summed E-state index contributed by atoms with van der Waals surface area (Å²) in [5, 5.41) is 0. The van der Waals surface area contributed by atoms with E-state index in [0.717, 1.165) is 32.8 Å². The Balaban J connectivity index is 1.90. The fourth-order valence-corrected chi connectivity index (χ4v) is 2.60. The highest BCUT2D eigenvalue weighted by Gasteiger charge is 2.28. The lowest BCUT2D eigenvalue weighted by Crippen LogP contribution is -2.48. The lowest BCUT2D eigenvalue weighted by atomic mass is 10.0. The van der Waals surface area contributed by atoms with E-state index in [1.807, 2.05) is 0 Å². The molecule has 2 rings (SSSR count). The van der Waals surface area contributed by atoms with Gasteiger partial charge in [-0.1, -0.05) is 13.8 Å². The zero-order valence-corrected chi connectivity index (χ0v) is 12.5. The summed E-state index contributed by atoms with van der Waals surface area (Å²) in [6.45, 7) is 9.01. The van der Waals surface area contributed by atoms with E-state index in [4.69, 9.17) is 10.5 Å². The molecule has 110 valence electrons. The molecule has 0 aromatic carbocycles. The van der Waals surface area contributed by atoms with Crippen molar-refractivity contribution < 1.29 is 4.74 Å². The summed E-state index contributed by atoms with van der Waals surface area (Å²) >= 11 is 0. The van der Waals surface area contributed by atoms with Gasteiger partial charge < -0.3 is 15.4 Å². The van der Waals surface area contributed by atoms with Crippen molar-refractivity contribution in [1.29, 1.82) is 0 Å². The minimum absolute atomic E-state index is 0.468. The Labute approximate surface area is 116 Å². The molecule has 1 saturated heterocycles. The summed E-state index contributed by atoms with van der Waals surface area (Å²) in [6, 6.07) is 1.10. The summed E-state index contributed by atoms with van der Waals surface area (Å²) in [7, 11) is 2.05. The van der Waals surface area contributed by atoms with Gasteiger partial charge in [0.25, 0.3) is 0 Å². The van der Waals surface area contributed by atoms with Crippen molar-refractivity contribution in [2.75, 3.05) is 39.9 Å². The van der Waals surface area contributed by atoms with Crippen molar-refractivity contribution in [3.05, 3.63) is 0 Å². The maximum atomic E-state index is 6.07. The van der Waals surface area contributed by atoms with Crippen LogP contribution in [-0.4, -0.2) is 67.7 Å². The number of rotatable bonds is 5. The molecule has 1 unspecified atom stereocenters. The lowest BCUT2D eigenvalue weighted by molar-refractivity contribution is 0.00864. The van der Waals surface area contributed by atoms with E-state index in [1.54, 1.807) is 0 Å². The van der Waals surface area contributed by atoms with E-state index in [0.29, 0.717) is 24.0 Å². The fourth-order valence-electron chi connectivity index (χ4n) is 2.60. The average Bonchev–Trinajstić information content (AvgIpc) is 3.23. The van der Waals surface area contributed by atoms with Crippen LogP contribution in [0.1, 0.15) is 26.7 Å².